The summed E-state index contributed by atoms with van der Waals surface area (Å²) in [6, 6.07) is 7.81. The Hall–Kier alpha value is -2.41. The number of amides is 1. The van der Waals surface area contributed by atoms with Crippen molar-refractivity contribution in [2.45, 2.75) is 52.3 Å². The van der Waals surface area contributed by atoms with E-state index in [2.05, 4.69) is 0 Å². The quantitative estimate of drug-likeness (QED) is 0.754. The minimum atomic E-state index is -0.864. The van der Waals surface area contributed by atoms with Gasteiger partial charge in [0.2, 0.25) is 0 Å². The van der Waals surface area contributed by atoms with Crippen LogP contribution < -0.4 is 9.77 Å². The number of benzene rings is 1. The van der Waals surface area contributed by atoms with Gasteiger partial charge in [0.25, 0.3) is 5.91 Å². The number of aromatic nitrogens is 1. The Labute approximate surface area is 156 Å². The number of ether oxygens (including phenoxy) is 1. The van der Waals surface area contributed by atoms with Gasteiger partial charge in [0, 0.05) is 29.3 Å². The number of thiazole rings is 1. The minimum Gasteiger partial charge on any atom is -0.452 e. The maximum Gasteiger partial charge on any atom is 0.308 e. The third kappa shape index (κ3) is 3.58. The molecule has 138 valence electrons. The Morgan fingerprint density at radius 1 is 1.35 bits per heavy atom. The second-order valence-corrected chi connectivity index (χ2v) is 7.39. The number of rotatable bonds is 5. The van der Waals surface area contributed by atoms with Crippen LogP contribution in [0.25, 0.3) is 0 Å². The molecule has 0 aliphatic carbocycles. The number of carbonyl (C=O) groups excluding carboxylic acids is 2. The molecule has 0 spiro atoms. The lowest BCUT2D eigenvalue weighted by molar-refractivity contribution is -0.154. The molecule has 3 rings (SSSR count). The van der Waals surface area contributed by atoms with Gasteiger partial charge in [-0.3, -0.25) is 14.4 Å². The van der Waals surface area contributed by atoms with Crippen LogP contribution in [0.4, 0.5) is 5.69 Å². The number of aryl methyl sites for hydroxylation is 1. The number of hydrogen-bond acceptors (Lipinski definition) is 5. The SMILES string of the molecule is Cc1csc(=O)n1CCC(=O)O[C@@H](C)C(=O)N1c2ccccc2C[C@@H]1C. The monoisotopic (exact) mass is 374 g/mol. The topological polar surface area (TPSA) is 68.6 Å². The van der Waals surface area contributed by atoms with Gasteiger partial charge in [0.1, 0.15) is 0 Å². The van der Waals surface area contributed by atoms with Gasteiger partial charge in [0.15, 0.2) is 6.10 Å². The zero-order chi connectivity index (χ0) is 18.8. The maximum absolute atomic E-state index is 12.8. The van der Waals surface area contributed by atoms with E-state index in [9.17, 15) is 14.4 Å². The molecule has 1 aromatic heterocycles. The summed E-state index contributed by atoms with van der Waals surface area (Å²) >= 11 is 1.11. The molecule has 6 nitrogen and oxygen atoms in total. The Morgan fingerprint density at radius 2 is 2.08 bits per heavy atom. The van der Waals surface area contributed by atoms with Gasteiger partial charge in [-0.25, -0.2) is 0 Å². The van der Waals surface area contributed by atoms with Crippen LogP contribution in [0.3, 0.4) is 0 Å². The molecule has 0 bridgehead atoms. The van der Waals surface area contributed by atoms with Crippen molar-refractivity contribution in [3.05, 3.63) is 50.6 Å². The highest BCUT2D eigenvalue weighted by atomic mass is 32.1. The normalized spacial score (nSPS) is 17.0. The fourth-order valence-corrected chi connectivity index (χ4v) is 4.04. The third-order valence-electron chi connectivity index (χ3n) is 4.62. The van der Waals surface area contributed by atoms with Gasteiger partial charge in [-0.1, -0.05) is 29.5 Å². The second kappa shape index (κ2) is 7.45. The largest absolute Gasteiger partial charge is 0.452 e. The van der Waals surface area contributed by atoms with E-state index in [-0.39, 0.29) is 29.8 Å². The molecule has 0 fully saturated rings. The smallest absolute Gasteiger partial charge is 0.308 e. The number of esters is 1. The molecule has 0 N–H and O–H groups in total. The molecular formula is C19H22N2O4S. The lowest BCUT2D eigenvalue weighted by atomic mass is 10.1. The van der Waals surface area contributed by atoms with Crippen LogP contribution in [-0.2, 0) is 27.3 Å². The van der Waals surface area contributed by atoms with Crippen molar-refractivity contribution in [2.75, 3.05) is 4.90 Å². The van der Waals surface area contributed by atoms with Crippen LogP contribution in [0.5, 0.6) is 0 Å². The molecule has 2 heterocycles. The summed E-state index contributed by atoms with van der Waals surface area (Å²) in [5.74, 6) is -0.705. The van der Waals surface area contributed by atoms with Crippen molar-refractivity contribution in [2.24, 2.45) is 0 Å². The fourth-order valence-electron chi connectivity index (χ4n) is 3.28. The highest BCUT2D eigenvalue weighted by Gasteiger charge is 2.34. The standard InChI is InChI=1S/C19H22N2O4S/c1-12-10-15-6-4-5-7-16(15)21(12)18(23)14(3)25-17(22)8-9-20-13(2)11-26-19(20)24/h4-7,11-12,14H,8-10H2,1-3H3/t12-,14-/m0/s1. The number of nitrogens with zero attached hydrogens (tertiary/aromatic N) is 2. The van der Waals surface area contributed by atoms with Gasteiger partial charge < -0.3 is 14.2 Å². The van der Waals surface area contributed by atoms with E-state index in [1.54, 1.807) is 17.2 Å². The highest BCUT2D eigenvalue weighted by molar-refractivity contribution is 7.07. The summed E-state index contributed by atoms with van der Waals surface area (Å²) < 4.78 is 6.86. The Balaban J connectivity index is 1.61. The van der Waals surface area contributed by atoms with Gasteiger partial charge in [0.05, 0.1) is 6.42 Å². The van der Waals surface area contributed by atoms with Crippen molar-refractivity contribution in [1.82, 2.24) is 4.57 Å². The van der Waals surface area contributed by atoms with E-state index in [1.165, 1.54) is 4.57 Å². The molecule has 7 heteroatoms. The first kappa shape index (κ1) is 18.4. The predicted molar refractivity (Wildman–Crippen MR) is 101 cm³/mol. The molecule has 1 aliphatic rings. The van der Waals surface area contributed by atoms with Crippen LogP contribution in [0.2, 0.25) is 0 Å². The van der Waals surface area contributed by atoms with E-state index >= 15 is 0 Å². The predicted octanol–water partition coefficient (Wildman–Crippen LogP) is 2.52. The van der Waals surface area contributed by atoms with E-state index in [1.807, 2.05) is 38.1 Å². The Bertz CT molecular complexity index is 886. The Kier molecular flexibility index (Phi) is 5.27. The zero-order valence-corrected chi connectivity index (χ0v) is 15.9. The van der Waals surface area contributed by atoms with Crippen LogP contribution in [-0.4, -0.2) is 28.6 Å². The number of para-hydroxylation sites is 1. The third-order valence-corrected chi connectivity index (χ3v) is 5.50. The van der Waals surface area contributed by atoms with Crippen LogP contribution >= 0.6 is 11.3 Å². The first-order valence-electron chi connectivity index (χ1n) is 8.64. The second-order valence-electron chi connectivity index (χ2n) is 6.57. The molecule has 0 radical (unpaired) electrons. The van der Waals surface area contributed by atoms with Crippen LogP contribution in [0, 0.1) is 6.92 Å². The number of carbonyl (C=O) groups is 2. The van der Waals surface area contributed by atoms with Crippen molar-refractivity contribution in [3.8, 4) is 0 Å². The Morgan fingerprint density at radius 3 is 2.77 bits per heavy atom. The average molecular weight is 374 g/mol. The molecule has 0 saturated heterocycles. The van der Waals surface area contributed by atoms with E-state index < -0.39 is 12.1 Å². The number of anilines is 1. The van der Waals surface area contributed by atoms with Crippen molar-refractivity contribution in [3.63, 3.8) is 0 Å². The molecule has 0 saturated carbocycles. The van der Waals surface area contributed by atoms with Crippen molar-refractivity contribution in [1.29, 1.82) is 0 Å². The fraction of sp³-hybridized carbons (Fsp3) is 0.421. The van der Waals surface area contributed by atoms with Crippen LogP contribution in [0.15, 0.2) is 34.4 Å². The minimum absolute atomic E-state index is 0.0353. The summed E-state index contributed by atoms with van der Waals surface area (Å²) in [6.07, 6.45) is -0.0131. The molecule has 26 heavy (non-hydrogen) atoms. The van der Waals surface area contributed by atoms with Crippen molar-refractivity contribution >= 4 is 28.9 Å². The summed E-state index contributed by atoms with van der Waals surface area (Å²) in [5.41, 5.74) is 2.83. The molecule has 1 aromatic carbocycles. The lowest BCUT2D eigenvalue weighted by Gasteiger charge is -2.26. The van der Waals surface area contributed by atoms with E-state index in [0.29, 0.717) is 0 Å². The molecular weight excluding hydrogens is 352 g/mol. The summed E-state index contributed by atoms with van der Waals surface area (Å²) in [6.45, 7) is 5.66. The first-order chi connectivity index (χ1) is 12.4. The van der Waals surface area contributed by atoms with Gasteiger partial charge in [-0.05, 0) is 38.8 Å². The number of fused-ring (bicyclic) bond motifs is 1. The maximum atomic E-state index is 12.8. The van der Waals surface area contributed by atoms with Crippen LogP contribution in [0.1, 0.15) is 31.5 Å². The molecule has 2 atom stereocenters. The molecule has 0 unspecified atom stereocenters. The van der Waals surface area contributed by atoms with E-state index in [0.717, 1.165) is 34.7 Å². The van der Waals surface area contributed by atoms with Crippen molar-refractivity contribution < 1.29 is 14.3 Å². The van der Waals surface area contributed by atoms with Gasteiger partial charge >= 0.3 is 10.8 Å². The highest BCUT2D eigenvalue weighted by Crippen LogP contribution is 2.32. The first-order valence-corrected chi connectivity index (χ1v) is 9.52. The van der Waals surface area contributed by atoms with Gasteiger partial charge in [-0.2, -0.15) is 0 Å². The number of hydrogen-bond donors (Lipinski definition) is 0. The summed E-state index contributed by atoms with van der Waals surface area (Å²) in [5, 5.41) is 1.76. The molecule has 2 aromatic rings. The summed E-state index contributed by atoms with van der Waals surface area (Å²) in [7, 11) is 0. The summed E-state index contributed by atoms with van der Waals surface area (Å²) in [4.78, 5) is 38.2. The molecule has 1 aliphatic heterocycles. The zero-order valence-electron chi connectivity index (χ0n) is 15.1. The van der Waals surface area contributed by atoms with Gasteiger partial charge in [-0.15, -0.1) is 0 Å². The molecule has 1 amide bonds. The average Bonchev–Trinajstić information content (AvgIpc) is 3.10. The van der Waals surface area contributed by atoms with E-state index in [4.69, 9.17) is 4.74 Å². The lowest BCUT2D eigenvalue weighted by Crippen LogP contribution is -2.43.